The Balaban J connectivity index is 1.68. The summed E-state index contributed by atoms with van der Waals surface area (Å²) in [6.45, 7) is 2.86. The van der Waals surface area contributed by atoms with Crippen LogP contribution in [0.4, 0.5) is 5.69 Å². The summed E-state index contributed by atoms with van der Waals surface area (Å²) in [7, 11) is 3.95. The predicted octanol–water partition coefficient (Wildman–Crippen LogP) is 1.89. The zero-order chi connectivity index (χ0) is 17.6. The molecule has 0 spiro atoms. The molecule has 0 unspecified atom stereocenters. The van der Waals surface area contributed by atoms with Gasteiger partial charge in [0, 0.05) is 25.3 Å². The Bertz CT molecular complexity index is 676. The zero-order valence-corrected chi connectivity index (χ0v) is 15.1. The van der Waals surface area contributed by atoms with E-state index in [0.717, 1.165) is 24.5 Å². The van der Waals surface area contributed by atoms with Gasteiger partial charge in [-0.15, -0.1) is 0 Å². The molecule has 1 fully saturated rings. The summed E-state index contributed by atoms with van der Waals surface area (Å²) in [5.41, 5.74) is 1.72. The molecule has 0 saturated carbocycles. The molecule has 25 heavy (non-hydrogen) atoms. The number of hydrogen-bond acceptors (Lipinski definition) is 3. The van der Waals surface area contributed by atoms with Gasteiger partial charge in [0.2, 0.25) is 0 Å². The summed E-state index contributed by atoms with van der Waals surface area (Å²) >= 11 is 0. The van der Waals surface area contributed by atoms with E-state index in [1.807, 2.05) is 55.4 Å². The highest BCUT2D eigenvalue weighted by Crippen LogP contribution is 2.14. The first-order chi connectivity index (χ1) is 12.1. The normalized spacial score (nSPS) is 16.4. The van der Waals surface area contributed by atoms with E-state index in [9.17, 15) is 4.79 Å². The smallest absolute Gasteiger partial charge is 0.251 e. The molecule has 5 heteroatoms. The fourth-order valence-electron chi connectivity index (χ4n) is 3.51. The van der Waals surface area contributed by atoms with Gasteiger partial charge in [0.25, 0.3) is 5.91 Å². The first-order valence-electron chi connectivity index (χ1n) is 9.08. The highest BCUT2D eigenvalue weighted by Gasteiger charge is 2.28. The van der Waals surface area contributed by atoms with E-state index >= 15 is 0 Å². The molecule has 5 nitrogen and oxygen atoms in total. The van der Waals surface area contributed by atoms with Gasteiger partial charge in [-0.2, -0.15) is 0 Å². The molecule has 2 heterocycles. The second-order valence-electron chi connectivity index (χ2n) is 6.94. The number of furan rings is 1. The molecule has 1 saturated heterocycles. The first kappa shape index (κ1) is 17.5. The Morgan fingerprint density at radius 3 is 2.68 bits per heavy atom. The van der Waals surface area contributed by atoms with Crippen LogP contribution in [-0.2, 0) is 0 Å². The van der Waals surface area contributed by atoms with Crippen LogP contribution in [0.2, 0.25) is 0 Å². The van der Waals surface area contributed by atoms with Crippen LogP contribution in [0.3, 0.4) is 0 Å². The van der Waals surface area contributed by atoms with Crippen LogP contribution in [0.15, 0.2) is 47.1 Å². The Hall–Kier alpha value is -2.27. The SMILES string of the molecule is CN(C)c1cccc(C(=O)NC[C@@H](c2ccco2)[NH+]2CCCCC2)c1. The van der Waals surface area contributed by atoms with E-state index < -0.39 is 0 Å². The van der Waals surface area contributed by atoms with Crippen molar-refractivity contribution in [1.82, 2.24) is 5.32 Å². The van der Waals surface area contributed by atoms with Crippen LogP contribution in [-0.4, -0.2) is 39.6 Å². The number of likely N-dealkylation sites (tertiary alicyclic amines) is 1. The molecule has 0 radical (unpaired) electrons. The number of anilines is 1. The number of amides is 1. The average molecular weight is 342 g/mol. The molecule has 134 valence electrons. The topological polar surface area (TPSA) is 49.9 Å². The molecule has 3 rings (SSSR count). The summed E-state index contributed by atoms with van der Waals surface area (Å²) in [6.07, 6.45) is 5.50. The fraction of sp³-hybridized carbons (Fsp3) is 0.450. The number of hydrogen-bond donors (Lipinski definition) is 2. The monoisotopic (exact) mass is 342 g/mol. The molecular weight excluding hydrogens is 314 g/mol. The number of carbonyl (C=O) groups is 1. The molecule has 0 aliphatic carbocycles. The average Bonchev–Trinajstić information content (AvgIpc) is 3.17. The molecule has 1 aliphatic rings. The van der Waals surface area contributed by atoms with Crippen LogP contribution in [0, 0.1) is 0 Å². The highest BCUT2D eigenvalue weighted by atomic mass is 16.3. The molecule has 2 N–H and O–H groups in total. The van der Waals surface area contributed by atoms with E-state index in [1.54, 1.807) is 6.26 Å². The van der Waals surface area contributed by atoms with E-state index in [0.29, 0.717) is 12.1 Å². The minimum Gasteiger partial charge on any atom is -0.463 e. The van der Waals surface area contributed by atoms with Crippen molar-refractivity contribution in [3.05, 3.63) is 54.0 Å². The maximum Gasteiger partial charge on any atom is 0.251 e. The van der Waals surface area contributed by atoms with Gasteiger partial charge in [0.15, 0.2) is 11.8 Å². The minimum atomic E-state index is -0.0309. The van der Waals surface area contributed by atoms with Crippen molar-refractivity contribution >= 4 is 11.6 Å². The van der Waals surface area contributed by atoms with Gasteiger partial charge in [-0.05, 0) is 49.6 Å². The zero-order valence-electron chi connectivity index (χ0n) is 15.1. The third kappa shape index (κ3) is 4.42. The van der Waals surface area contributed by atoms with E-state index in [2.05, 4.69) is 5.32 Å². The van der Waals surface area contributed by atoms with Crippen LogP contribution in [0.5, 0.6) is 0 Å². The van der Waals surface area contributed by atoms with Crippen molar-refractivity contribution in [2.75, 3.05) is 38.6 Å². The summed E-state index contributed by atoms with van der Waals surface area (Å²) in [5, 5.41) is 3.11. The van der Waals surface area contributed by atoms with Crippen LogP contribution < -0.4 is 15.1 Å². The number of piperidine rings is 1. The molecule has 0 bridgehead atoms. The summed E-state index contributed by atoms with van der Waals surface area (Å²) in [4.78, 5) is 16.1. The van der Waals surface area contributed by atoms with Crippen LogP contribution in [0.25, 0.3) is 0 Å². The van der Waals surface area contributed by atoms with Crippen molar-refractivity contribution in [2.45, 2.75) is 25.3 Å². The molecule has 2 aromatic rings. The van der Waals surface area contributed by atoms with Gasteiger partial charge < -0.3 is 19.5 Å². The van der Waals surface area contributed by atoms with Crippen molar-refractivity contribution in [3.8, 4) is 0 Å². The number of quaternary nitrogens is 1. The number of carbonyl (C=O) groups excluding carboxylic acids is 1. The lowest BCUT2D eigenvalue weighted by Crippen LogP contribution is -3.13. The van der Waals surface area contributed by atoms with Gasteiger partial charge >= 0.3 is 0 Å². The number of rotatable bonds is 6. The maximum atomic E-state index is 12.6. The molecule has 1 atom stereocenters. The summed E-state index contributed by atoms with van der Waals surface area (Å²) in [5.74, 6) is 0.927. The second kappa shape index (κ2) is 8.21. The third-order valence-electron chi connectivity index (χ3n) is 4.97. The largest absolute Gasteiger partial charge is 0.463 e. The van der Waals surface area contributed by atoms with Crippen LogP contribution in [0.1, 0.15) is 41.4 Å². The molecule has 1 aliphatic heterocycles. The van der Waals surface area contributed by atoms with Crippen molar-refractivity contribution in [3.63, 3.8) is 0 Å². The van der Waals surface area contributed by atoms with E-state index in [1.165, 1.54) is 24.2 Å². The Morgan fingerprint density at radius 2 is 2.00 bits per heavy atom. The van der Waals surface area contributed by atoms with Crippen molar-refractivity contribution < 1.29 is 14.1 Å². The maximum absolute atomic E-state index is 12.6. The Morgan fingerprint density at radius 1 is 1.20 bits per heavy atom. The summed E-state index contributed by atoms with van der Waals surface area (Å²) in [6, 6.07) is 11.8. The lowest BCUT2D eigenvalue weighted by atomic mass is 10.1. The number of nitrogens with zero attached hydrogens (tertiary/aromatic N) is 1. The number of benzene rings is 1. The molecular formula is C20H28N3O2+. The Kier molecular flexibility index (Phi) is 5.76. The minimum absolute atomic E-state index is 0.0309. The van der Waals surface area contributed by atoms with Crippen molar-refractivity contribution in [2.24, 2.45) is 0 Å². The first-order valence-corrected chi connectivity index (χ1v) is 9.08. The van der Waals surface area contributed by atoms with Gasteiger partial charge in [-0.25, -0.2) is 0 Å². The fourth-order valence-corrected chi connectivity index (χ4v) is 3.51. The molecule has 1 amide bonds. The Labute approximate surface area is 149 Å². The van der Waals surface area contributed by atoms with Gasteiger partial charge in [0.1, 0.15) is 0 Å². The molecule has 1 aromatic carbocycles. The lowest BCUT2D eigenvalue weighted by Gasteiger charge is -2.30. The quantitative estimate of drug-likeness (QED) is 0.843. The van der Waals surface area contributed by atoms with Gasteiger partial charge in [0.05, 0.1) is 25.9 Å². The van der Waals surface area contributed by atoms with Gasteiger partial charge in [-0.1, -0.05) is 6.07 Å². The van der Waals surface area contributed by atoms with E-state index in [4.69, 9.17) is 4.42 Å². The summed E-state index contributed by atoms with van der Waals surface area (Å²) < 4.78 is 5.66. The van der Waals surface area contributed by atoms with Crippen LogP contribution >= 0.6 is 0 Å². The lowest BCUT2D eigenvalue weighted by molar-refractivity contribution is -0.936. The standard InChI is InChI=1S/C20H27N3O2/c1-22(2)17-9-6-8-16(14-17)20(24)21-15-18(19-10-7-13-25-19)23-11-4-3-5-12-23/h6-10,13-14,18H,3-5,11-12,15H2,1-2H3,(H,21,24)/p+1/t18-/m0/s1. The van der Waals surface area contributed by atoms with Crippen molar-refractivity contribution in [1.29, 1.82) is 0 Å². The second-order valence-corrected chi connectivity index (χ2v) is 6.94. The predicted molar refractivity (Wildman–Crippen MR) is 99.1 cm³/mol. The van der Waals surface area contributed by atoms with Gasteiger partial charge in [-0.3, -0.25) is 4.79 Å². The highest BCUT2D eigenvalue weighted by molar-refractivity contribution is 5.95. The van der Waals surface area contributed by atoms with E-state index in [-0.39, 0.29) is 11.9 Å². The molecule has 1 aromatic heterocycles. The number of nitrogens with one attached hydrogen (secondary N) is 2. The third-order valence-corrected chi connectivity index (χ3v) is 4.97.